The van der Waals surface area contributed by atoms with Crippen LogP contribution in [-0.2, 0) is 14.3 Å². The molecule has 0 spiro atoms. The van der Waals surface area contributed by atoms with E-state index in [1.807, 2.05) is 0 Å². The molecule has 0 aliphatic heterocycles. The minimum absolute atomic E-state index is 0.280. The predicted molar refractivity (Wildman–Crippen MR) is 61.0 cm³/mol. The number of esters is 1. The average molecular weight is 226 g/mol. The molecule has 0 aliphatic rings. The predicted octanol–water partition coefficient (Wildman–Crippen LogP) is 2.31. The van der Waals surface area contributed by atoms with Gasteiger partial charge in [0.1, 0.15) is 5.60 Å². The van der Waals surface area contributed by atoms with Gasteiger partial charge in [-0.1, -0.05) is 12.2 Å². The van der Waals surface area contributed by atoms with E-state index >= 15 is 0 Å². The maximum Gasteiger partial charge on any atom is 0.331 e. The average Bonchev–Trinajstić information content (AvgIpc) is 2.14. The molecule has 0 atom stereocenters. The van der Waals surface area contributed by atoms with Crippen molar-refractivity contribution in [3.63, 3.8) is 0 Å². The van der Waals surface area contributed by atoms with Crippen molar-refractivity contribution in [2.75, 3.05) is 0 Å². The third kappa shape index (κ3) is 4.77. The van der Waals surface area contributed by atoms with Crippen molar-refractivity contribution in [3.8, 4) is 0 Å². The Bertz CT molecular complexity index is 337. The van der Waals surface area contributed by atoms with Gasteiger partial charge in [-0.2, -0.15) is 0 Å². The Morgan fingerprint density at radius 1 is 1.38 bits per heavy atom. The van der Waals surface area contributed by atoms with Crippen LogP contribution in [0.1, 0.15) is 34.1 Å². The van der Waals surface area contributed by atoms with E-state index < -0.39 is 17.5 Å². The second-order valence-electron chi connectivity index (χ2n) is 4.27. The van der Waals surface area contributed by atoms with Gasteiger partial charge >= 0.3 is 11.9 Å². The SMILES string of the molecule is C=CC(=O)OC(C)(C)CC(C)=C(C)C(=O)O. The van der Waals surface area contributed by atoms with Gasteiger partial charge in [0.25, 0.3) is 0 Å². The number of carbonyl (C=O) groups excluding carboxylic acids is 1. The van der Waals surface area contributed by atoms with Crippen LogP contribution in [0, 0.1) is 0 Å². The smallest absolute Gasteiger partial charge is 0.331 e. The summed E-state index contributed by atoms with van der Waals surface area (Å²) in [6.07, 6.45) is 1.47. The number of rotatable bonds is 5. The summed E-state index contributed by atoms with van der Waals surface area (Å²) in [7, 11) is 0. The Labute approximate surface area is 95.6 Å². The standard InChI is InChI=1S/C12H18O4/c1-6-10(13)16-12(4,5)7-8(2)9(3)11(14)15/h6H,1,7H2,2-5H3,(H,14,15). The third-order valence-corrected chi connectivity index (χ3v) is 2.20. The summed E-state index contributed by atoms with van der Waals surface area (Å²) in [6.45, 7) is 10.0. The van der Waals surface area contributed by atoms with Gasteiger partial charge in [-0.05, 0) is 27.7 Å². The molecule has 0 aromatic heterocycles. The fourth-order valence-electron chi connectivity index (χ4n) is 1.30. The lowest BCUT2D eigenvalue weighted by Gasteiger charge is -2.25. The second-order valence-corrected chi connectivity index (χ2v) is 4.27. The van der Waals surface area contributed by atoms with E-state index in [1.165, 1.54) is 6.92 Å². The second kappa shape index (κ2) is 5.49. The molecule has 1 N–H and O–H groups in total. The zero-order valence-corrected chi connectivity index (χ0v) is 10.2. The molecule has 0 bridgehead atoms. The molecule has 0 amide bonds. The first-order valence-electron chi connectivity index (χ1n) is 4.94. The zero-order chi connectivity index (χ0) is 12.9. The molecule has 0 heterocycles. The van der Waals surface area contributed by atoms with Crippen LogP contribution in [-0.4, -0.2) is 22.6 Å². The minimum Gasteiger partial charge on any atom is -0.478 e. The summed E-state index contributed by atoms with van der Waals surface area (Å²) in [5.74, 6) is -1.46. The van der Waals surface area contributed by atoms with Crippen molar-refractivity contribution in [2.24, 2.45) is 0 Å². The van der Waals surface area contributed by atoms with E-state index in [-0.39, 0.29) is 5.57 Å². The summed E-state index contributed by atoms with van der Waals surface area (Å²) < 4.78 is 5.10. The lowest BCUT2D eigenvalue weighted by atomic mass is 9.96. The Hall–Kier alpha value is -1.58. The van der Waals surface area contributed by atoms with Crippen LogP contribution in [0.15, 0.2) is 23.8 Å². The normalized spacial score (nSPS) is 12.8. The highest BCUT2D eigenvalue weighted by molar-refractivity contribution is 5.86. The van der Waals surface area contributed by atoms with Crippen LogP contribution < -0.4 is 0 Å². The Morgan fingerprint density at radius 3 is 2.25 bits per heavy atom. The van der Waals surface area contributed by atoms with E-state index in [2.05, 4.69) is 6.58 Å². The van der Waals surface area contributed by atoms with Gasteiger partial charge in [-0.15, -0.1) is 0 Å². The van der Waals surface area contributed by atoms with E-state index in [0.29, 0.717) is 12.0 Å². The highest BCUT2D eigenvalue weighted by atomic mass is 16.6. The number of carboxylic acid groups (broad SMARTS) is 1. The van der Waals surface area contributed by atoms with Crippen molar-refractivity contribution >= 4 is 11.9 Å². The number of hydrogen-bond acceptors (Lipinski definition) is 3. The molecule has 0 fully saturated rings. The first-order chi connectivity index (χ1) is 7.19. The number of carbonyl (C=O) groups is 2. The molecular formula is C12H18O4. The van der Waals surface area contributed by atoms with Gasteiger partial charge in [0.05, 0.1) is 0 Å². The quantitative estimate of drug-likeness (QED) is 0.577. The molecule has 0 rings (SSSR count). The van der Waals surface area contributed by atoms with Gasteiger partial charge in [-0.3, -0.25) is 0 Å². The van der Waals surface area contributed by atoms with Crippen LogP contribution in [0.4, 0.5) is 0 Å². The molecular weight excluding hydrogens is 208 g/mol. The third-order valence-electron chi connectivity index (χ3n) is 2.20. The summed E-state index contributed by atoms with van der Waals surface area (Å²) in [5.41, 5.74) is 0.239. The van der Waals surface area contributed by atoms with Crippen molar-refractivity contribution < 1.29 is 19.4 Å². The molecule has 4 heteroatoms. The Kier molecular flexibility index (Phi) is 4.95. The number of hydrogen-bond donors (Lipinski definition) is 1. The number of carboxylic acids is 1. The maximum absolute atomic E-state index is 11.0. The first-order valence-corrected chi connectivity index (χ1v) is 4.94. The molecule has 0 aliphatic carbocycles. The summed E-state index contributed by atoms with van der Waals surface area (Å²) in [4.78, 5) is 21.8. The van der Waals surface area contributed by atoms with Crippen LogP contribution in [0.25, 0.3) is 0 Å². The van der Waals surface area contributed by atoms with Gasteiger partial charge in [0, 0.05) is 18.1 Å². The van der Waals surface area contributed by atoms with Gasteiger partial charge < -0.3 is 9.84 Å². The fraction of sp³-hybridized carbons (Fsp3) is 0.500. The molecule has 4 nitrogen and oxygen atoms in total. The van der Waals surface area contributed by atoms with E-state index in [1.54, 1.807) is 20.8 Å². The van der Waals surface area contributed by atoms with Crippen molar-refractivity contribution in [1.82, 2.24) is 0 Å². The Balaban J connectivity index is 4.71. The summed E-state index contributed by atoms with van der Waals surface area (Å²) >= 11 is 0. The summed E-state index contributed by atoms with van der Waals surface area (Å²) in [6, 6.07) is 0. The van der Waals surface area contributed by atoms with Crippen molar-refractivity contribution in [1.29, 1.82) is 0 Å². The van der Waals surface area contributed by atoms with Crippen LogP contribution in [0.5, 0.6) is 0 Å². The van der Waals surface area contributed by atoms with Gasteiger partial charge in [-0.25, -0.2) is 9.59 Å². The molecule has 0 radical (unpaired) electrons. The molecule has 0 aromatic carbocycles. The van der Waals surface area contributed by atoms with Crippen LogP contribution in [0.3, 0.4) is 0 Å². The fourth-order valence-corrected chi connectivity index (χ4v) is 1.30. The topological polar surface area (TPSA) is 63.6 Å². The molecule has 90 valence electrons. The van der Waals surface area contributed by atoms with E-state index in [0.717, 1.165) is 6.08 Å². The van der Waals surface area contributed by atoms with Crippen molar-refractivity contribution in [3.05, 3.63) is 23.8 Å². The van der Waals surface area contributed by atoms with E-state index in [4.69, 9.17) is 9.84 Å². The molecule has 0 saturated heterocycles. The lowest BCUT2D eigenvalue weighted by Crippen LogP contribution is -2.28. The number of aliphatic carboxylic acids is 1. The lowest BCUT2D eigenvalue weighted by molar-refractivity contribution is -0.149. The molecule has 0 saturated carbocycles. The number of ether oxygens (including phenoxy) is 1. The molecule has 16 heavy (non-hydrogen) atoms. The van der Waals surface area contributed by atoms with Crippen molar-refractivity contribution in [2.45, 2.75) is 39.7 Å². The maximum atomic E-state index is 11.0. The van der Waals surface area contributed by atoms with Crippen LogP contribution in [0.2, 0.25) is 0 Å². The minimum atomic E-state index is -0.955. The zero-order valence-electron chi connectivity index (χ0n) is 10.2. The highest BCUT2D eigenvalue weighted by Crippen LogP contribution is 2.22. The monoisotopic (exact) mass is 226 g/mol. The first kappa shape index (κ1) is 14.4. The van der Waals surface area contributed by atoms with Gasteiger partial charge in [0.2, 0.25) is 0 Å². The van der Waals surface area contributed by atoms with Crippen LogP contribution >= 0.6 is 0 Å². The van der Waals surface area contributed by atoms with Gasteiger partial charge in [0.15, 0.2) is 0 Å². The molecule has 0 aromatic rings. The highest BCUT2D eigenvalue weighted by Gasteiger charge is 2.23. The Morgan fingerprint density at radius 2 is 1.88 bits per heavy atom. The summed E-state index contributed by atoms with van der Waals surface area (Å²) in [5, 5.41) is 8.80. The largest absolute Gasteiger partial charge is 0.478 e. The van der Waals surface area contributed by atoms with E-state index in [9.17, 15) is 9.59 Å². The molecule has 0 unspecified atom stereocenters.